The lowest BCUT2D eigenvalue weighted by Crippen LogP contribution is -1.86. The maximum Gasteiger partial charge on any atom is 0.0569 e. The molecule has 0 saturated heterocycles. The van der Waals surface area contributed by atoms with Crippen LogP contribution in [-0.2, 0) is 0 Å². The van der Waals surface area contributed by atoms with E-state index >= 15 is 0 Å². The third-order valence-electron chi connectivity index (χ3n) is 1.12. The van der Waals surface area contributed by atoms with Crippen molar-refractivity contribution < 1.29 is 0 Å². The molecule has 0 aromatic rings. The summed E-state index contributed by atoms with van der Waals surface area (Å²) in [4.78, 5) is 0. The first-order chi connectivity index (χ1) is 5.30. The third kappa shape index (κ3) is 4.31. The second kappa shape index (κ2) is 6.02. The Bertz CT molecular complexity index is 137. The van der Waals surface area contributed by atoms with E-state index in [9.17, 15) is 0 Å². The molecule has 0 atom stereocenters. The standard InChI is InChI=1S/C6H10S5/c7-5-6(8)11-4-2-9-1-3-10-5/h7-8H,1-4H2. The fourth-order valence-electron chi connectivity index (χ4n) is 0.620. The highest BCUT2D eigenvalue weighted by molar-refractivity contribution is 8.22. The average Bonchev–Trinajstić information content (AvgIpc) is 2.07. The van der Waals surface area contributed by atoms with Crippen LogP contribution >= 0.6 is 60.5 Å². The minimum Gasteiger partial charge on any atom is -0.160 e. The van der Waals surface area contributed by atoms with Gasteiger partial charge in [0, 0.05) is 23.0 Å². The van der Waals surface area contributed by atoms with Gasteiger partial charge >= 0.3 is 0 Å². The fraction of sp³-hybridized carbons (Fsp3) is 0.667. The van der Waals surface area contributed by atoms with Crippen LogP contribution in [0, 0.1) is 0 Å². The Labute approximate surface area is 91.5 Å². The molecule has 0 bridgehead atoms. The van der Waals surface area contributed by atoms with Gasteiger partial charge in [0.15, 0.2) is 0 Å². The van der Waals surface area contributed by atoms with Crippen LogP contribution in [0.25, 0.3) is 0 Å². The van der Waals surface area contributed by atoms with Crippen molar-refractivity contribution in [1.82, 2.24) is 0 Å². The summed E-state index contributed by atoms with van der Waals surface area (Å²) >= 11 is 14.3. The van der Waals surface area contributed by atoms with Gasteiger partial charge in [-0.1, -0.05) is 0 Å². The Hall–Kier alpha value is 1.49. The second-order valence-electron chi connectivity index (χ2n) is 1.92. The molecule has 1 rings (SSSR count). The third-order valence-corrected chi connectivity index (χ3v) is 6.22. The molecule has 0 aliphatic carbocycles. The number of thioether (sulfide) groups is 3. The summed E-state index contributed by atoms with van der Waals surface area (Å²) in [5.41, 5.74) is 0. The van der Waals surface area contributed by atoms with Gasteiger partial charge in [0.25, 0.3) is 0 Å². The molecule has 0 amide bonds. The normalized spacial score (nSPS) is 22.4. The van der Waals surface area contributed by atoms with E-state index in [4.69, 9.17) is 0 Å². The van der Waals surface area contributed by atoms with Crippen molar-refractivity contribution in [2.24, 2.45) is 0 Å². The Morgan fingerprint density at radius 3 is 1.73 bits per heavy atom. The van der Waals surface area contributed by atoms with Crippen LogP contribution < -0.4 is 0 Å². The SMILES string of the molecule is SC1=C(S)SCCSCCS1. The van der Waals surface area contributed by atoms with Crippen LogP contribution in [0.2, 0.25) is 0 Å². The highest BCUT2D eigenvalue weighted by Crippen LogP contribution is 2.34. The zero-order chi connectivity index (χ0) is 8.10. The molecule has 5 heteroatoms. The summed E-state index contributed by atoms with van der Waals surface area (Å²) in [5.74, 6) is 4.79. The van der Waals surface area contributed by atoms with Crippen molar-refractivity contribution in [3.05, 3.63) is 8.47 Å². The van der Waals surface area contributed by atoms with Crippen LogP contribution in [0.5, 0.6) is 0 Å². The van der Waals surface area contributed by atoms with Crippen LogP contribution in [0.4, 0.5) is 0 Å². The minimum absolute atomic E-state index is 1.08. The molecule has 0 N–H and O–H groups in total. The Kier molecular flexibility index (Phi) is 5.79. The molecular weight excluding hydrogens is 232 g/mol. The molecule has 1 aliphatic heterocycles. The lowest BCUT2D eigenvalue weighted by Gasteiger charge is -2.00. The zero-order valence-corrected chi connectivity index (χ0v) is 10.2. The highest BCUT2D eigenvalue weighted by Gasteiger charge is 2.03. The van der Waals surface area contributed by atoms with Crippen LogP contribution in [-0.4, -0.2) is 23.0 Å². The largest absolute Gasteiger partial charge is 0.160 e. The zero-order valence-electron chi connectivity index (χ0n) is 5.95. The molecule has 0 radical (unpaired) electrons. The first-order valence-corrected chi connectivity index (χ1v) is 7.28. The second-order valence-corrected chi connectivity index (χ2v) is 6.85. The van der Waals surface area contributed by atoms with E-state index in [0.717, 1.165) is 20.0 Å². The average molecular weight is 242 g/mol. The summed E-state index contributed by atoms with van der Waals surface area (Å²) in [5, 5.41) is 0. The van der Waals surface area contributed by atoms with Gasteiger partial charge in [-0.2, -0.15) is 11.8 Å². The molecule has 0 aromatic heterocycles. The number of hydrogen-bond acceptors (Lipinski definition) is 5. The fourth-order valence-corrected chi connectivity index (χ4v) is 4.36. The smallest absolute Gasteiger partial charge is 0.0569 e. The lowest BCUT2D eigenvalue weighted by molar-refractivity contribution is 1.50. The predicted molar refractivity (Wildman–Crippen MR) is 67.2 cm³/mol. The van der Waals surface area contributed by atoms with Gasteiger partial charge in [-0.3, -0.25) is 0 Å². The van der Waals surface area contributed by atoms with Gasteiger partial charge in [-0.15, -0.1) is 48.8 Å². The van der Waals surface area contributed by atoms with Gasteiger partial charge in [0.05, 0.1) is 8.47 Å². The van der Waals surface area contributed by atoms with E-state index in [2.05, 4.69) is 25.3 Å². The van der Waals surface area contributed by atoms with Gasteiger partial charge in [-0.25, -0.2) is 0 Å². The predicted octanol–water partition coefficient (Wildman–Crippen LogP) is 3.19. The van der Waals surface area contributed by atoms with Crippen molar-refractivity contribution in [2.75, 3.05) is 23.0 Å². The first kappa shape index (κ1) is 10.6. The molecule has 1 aliphatic rings. The number of thiol groups is 2. The molecular formula is C6H10S5. The molecule has 0 unspecified atom stereocenters. The number of hydrogen-bond donors (Lipinski definition) is 2. The minimum atomic E-state index is 1.08. The van der Waals surface area contributed by atoms with Crippen LogP contribution in [0.15, 0.2) is 8.47 Å². The van der Waals surface area contributed by atoms with E-state index in [1.165, 1.54) is 11.5 Å². The van der Waals surface area contributed by atoms with Gasteiger partial charge < -0.3 is 0 Å². The van der Waals surface area contributed by atoms with Crippen LogP contribution in [0.1, 0.15) is 0 Å². The summed E-state index contributed by atoms with van der Waals surface area (Å²) in [6.45, 7) is 0. The van der Waals surface area contributed by atoms with Crippen molar-refractivity contribution in [1.29, 1.82) is 0 Å². The number of rotatable bonds is 0. The Morgan fingerprint density at radius 2 is 1.27 bits per heavy atom. The van der Waals surface area contributed by atoms with Crippen molar-refractivity contribution in [3.8, 4) is 0 Å². The van der Waals surface area contributed by atoms with Crippen molar-refractivity contribution in [3.63, 3.8) is 0 Å². The summed E-state index contributed by atoms with van der Waals surface area (Å²) in [6, 6.07) is 0. The van der Waals surface area contributed by atoms with Crippen LogP contribution in [0.3, 0.4) is 0 Å². The molecule has 11 heavy (non-hydrogen) atoms. The van der Waals surface area contributed by atoms with Gasteiger partial charge in [0.2, 0.25) is 0 Å². The highest BCUT2D eigenvalue weighted by atomic mass is 32.2. The quantitative estimate of drug-likeness (QED) is 0.627. The molecule has 0 fully saturated rings. The topological polar surface area (TPSA) is 0 Å². The lowest BCUT2D eigenvalue weighted by atomic mass is 10.9. The van der Waals surface area contributed by atoms with Gasteiger partial charge in [-0.05, 0) is 0 Å². The maximum absolute atomic E-state index is 4.36. The molecule has 64 valence electrons. The molecule has 1 heterocycles. The van der Waals surface area contributed by atoms with E-state index in [1.807, 2.05) is 11.8 Å². The monoisotopic (exact) mass is 242 g/mol. The maximum atomic E-state index is 4.36. The summed E-state index contributed by atoms with van der Waals surface area (Å²) in [6.07, 6.45) is 0. The van der Waals surface area contributed by atoms with Crippen molar-refractivity contribution >= 4 is 60.5 Å². The summed E-state index contributed by atoms with van der Waals surface area (Å²) in [7, 11) is 0. The molecule has 0 aromatic carbocycles. The van der Waals surface area contributed by atoms with Crippen molar-refractivity contribution in [2.45, 2.75) is 0 Å². The van der Waals surface area contributed by atoms with E-state index in [0.29, 0.717) is 0 Å². The van der Waals surface area contributed by atoms with E-state index < -0.39 is 0 Å². The molecule has 0 nitrogen and oxygen atoms in total. The van der Waals surface area contributed by atoms with Gasteiger partial charge in [0.1, 0.15) is 0 Å². The van der Waals surface area contributed by atoms with E-state index in [-0.39, 0.29) is 0 Å². The molecule has 0 saturated carbocycles. The Balaban J connectivity index is 2.47. The first-order valence-electron chi connectivity index (χ1n) is 3.26. The summed E-state index contributed by atoms with van der Waals surface area (Å²) < 4.78 is 2.17. The van der Waals surface area contributed by atoms with E-state index in [1.54, 1.807) is 23.5 Å². The Morgan fingerprint density at radius 1 is 0.818 bits per heavy atom. The molecule has 0 spiro atoms.